The van der Waals surface area contributed by atoms with Crippen molar-refractivity contribution in [1.82, 2.24) is 14.9 Å². The first-order valence-electron chi connectivity index (χ1n) is 10.4. The van der Waals surface area contributed by atoms with Gasteiger partial charge < -0.3 is 35.1 Å². The van der Waals surface area contributed by atoms with E-state index in [4.69, 9.17) is 19.3 Å². The number of phenolic OH excluding ortho intramolecular Hbond substituents is 1. The van der Waals surface area contributed by atoms with Crippen molar-refractivity contribution in [2.24, 2.45) is 0 Å². The van der Waals surface area contributed by atoms with E-state index in [1.165, 1.54) is 12.1 Å². The zero-order valence-corrected chi connectivity index (χ0v) is 18.6. The summed E-state index contributed by atoms with van der Waals surface area (Å²) in [5.41, 5.74) is 1.18. The molecule has 4 N–H and O–H groups in total. The predicted molar refractivity (Wildman–Crippen MR) is 122 cm³/mol. The van der Waals surface area contributed by atoms with Crippen LogP contribution < -0.4 is 20.1 Å². The third-order valence-corrected chi connectivity index (χ3v) is 4.68. The number of amides is 1. The summed E-state index contributed by atoms with van der Waals surface area (Å²) in [4.78, 5) is 17.5. The monoisotopic (exact) mass is 456 g/mol. The number of phenols is 1. The van der Waals surface area contributed by atoms with Gasteiger partial charge in [-0.1, -0.05) is 18.2 Å². The molecule has 0 spiro atoms. The van der Waals surface area contributed by atoms with E-state index in [0.717, 1.165) is 11.3 Å². The number of aliphatic hydroxyl groups is 1. The summed E-state index contributed by atoms with van der Waals surface area (Å²) in [7, 11) is 3.26. The van der Waals surface area contributed by atoms with Crippen LogP contribution in [0.3, 0.4) is 0 Å². The van der Waals surface area contributed by atoms with Crippen molar-refractivity contribution in [3.8, 4) is 23.3 Å². The Kier molecular flexibility index (Phi) is 8.50. The molecule has 10 nitrogen and oxygen atoms in total. The third-order valence-electron chi connectivity index (χ3n) is 4.68. The zero-order valence-electron chi connectivity index (χ0n) is 18.6. The SMILES string of the molecule is CNc1nc(Oc2cccc(O)c2)n(Cc2ccc(OC)cc2)c1C(=O)NCCOCCO. The molecule has 0 saturated carbocycles. The number of nitrogens with zero attached hydrogens (tertiary/aromatic N) is 2. The van der Waals surface area contributed by atoms with Gasteiger partial charge in [-0.3, -0.25) is 9.36 Å². The molecule has 10 heteroatoms. The van der Waals surface area contributed by atoms with E-state index in [1.54, 1.807) is 30.9 Å². The smallest absolute Gasteiger partial charge is 0.304 e. The summed E-state index contributed by atoms with van der Waals surface area (Å²) in [6, 6.07) is 14.0. The number of ether oxygens (including phenoxy) is 3. The number of anilines is 1. The van der Waals surface area contributed by atoms with E-state index >= 15 is 0 Å². The molecule has 176 valence electrons. The average molecular weight is 456 g/mol. The molecule has 0 saturated heterocycles. The van der Waals surface area contributed by atoms with Crippen LogP contribution in [-0.4, -0.2) is 66.2 Å². The van der Waals surface area contributed by atoms with Gasteiger partial charge in [0, 0.05) is 19.7 Å². The molecule has 2 aromatic carbocycles. The van der Waals surface area contributed by atoms with Crippen LogP contribution in [-0.2, 0) is 11.3 Å². The Hall–Kier alpha value is -3.76. The van der Waals surface area contributed by atoms with Crippen molar-refractivity contribution >= 4 is 11.7 Å². The second-order valence-electron chi connectivity index (χ2n) is 6.97. The van der Waals surface area contributed by atoms with Crippen LogP contribution in [0.1, 0.15) is 16.1 Å². The maximum Gasteiger partial charge on any atom is 0.304 e. The lowest BCUT2D eigenvalue weighted by Crippen LogP contribution is -2.30. The highest BCUT2D eigenvalue weighted by Crippen LogP contribution is 2.29. The number of nitrogens with one attached hydrogen (secondary N) is 2. The number of aliphatic hydroxyl groups excluding tert-OH is 1. The van der Waals surface area contributed by atoms with Gasteiger partial charge in [0.25, 0.3) is 5.91 Å². The molecule has 3 aromatic rings. The van der Waals surface area contributed by atoms with Crippen molar-refractivity contribution in [3.05, 3.63) is 59.8 Å². The van der Waals surface area contributed by atoms with Crippen LogP contribution in [0.5, 0.6) is 23.3 Å². The molecule has 1 amide bonds. The Morgan fingerprint density at radius 3 is 2.58 bits per heavy atom. The number of imidazole rings is 1. The van der Waals surface area contributed by atoms with Crippen molar-refractivity contribution < 1.29 is 29.2 Å². The second-order valence-corrected chi connectivity index (χ2v) is 6.97. The van der Waals surface area contributed by atoms with Gasteiger partial charge in [0.2, 0.25) is 0 Å². The van der Waals surface area contributed by atoms with E-state index in [0.29, 0.717) is 18.1 Å². The zero-order chi connectivity index (χ0) is 23.6. The van der Waals surface area contributed by atoms with Crippen LogP contribution in [0, 0.1) is 0 Å². The molecule has 0 aliphatic heterocycles. The molecule has 0 radical (unpaired) electrons. The van der Waals surface area contributed by atoms with Crippen LogP contribution in [0.15, 0.2) is 48.5 Å². The second kappa shape index (κ2) is 11.7. The minimum absolute atomic E-state index is 0.0513. The fourth-order valence-corrected chi connectivity index (χ4v) is 3.11. The summed E-state index contributed by atoms with van der Waals surface area (Å²) in [5, 5.41) is 24.3. The first-order valence-corrected chi connectivity index (χ1v) is 10.4. The van der Waals surface area contributed by atoms with Gasteiger partial charge in [-0.25, -0.2) is 0 Å². The third kappa shape index (κ3) is 6.37. The lowest BCUT2D eigenvalue weighted by molar-refractivity contribution is 0.0833. The van der Waals surface area contributed by atoms with Gasteiger partial charge in [-0.05, 0) is 29.8 Å². The van der Waals surface area contributed by atoms with Gasteiger partial charge in [-0.15, -0.1) is 0 Å². The molecule has 3 rings (SSSR count). The lowest BCUT2D eigenvalue weighted by Gasteiger charge is -2.13. The quantitative estimate of drug-likeness (QED) is 0.306. The number of carbonyl (C=O) groups excluding carboxylic acids is 1. The minimum atomic E-state index is -0.362. The molecule has 0 aliphatic carbocycles. The molecule has 0 atom stereocenters. The fourth-order valence-electron chi connectivity index (χ4n) is 3.11. The summed E-state index contributed by atoms with van der Waals surface area (Å²) < 4.78 is 18.0. The molecule has 0 bridgehead atoms. The molecule has 0 fully saturated rings. The molecule has 1 aromatic heterocycles. The van der Waals surface area contributed by atoms with Crippen LogP contribution >= 0.6 is 0 Å². The highest BCUT2D eigenvalue weighted by Gasteiger charge is 2.24. The van der Waals surface area contributed by atoms with E-state index < -0.39 is 0 Å². The largest absolute Gasteiger partial charge is 0.508 e. The van der Waals surface area contributed by atoms with Gasteiger partial charge in [0.05, 0.1) is 33.5 Å². The van der Waals surface area contributed by atoms with Gasteiger partial charge >= 0.3 is 6.01 Å². The highest BCUT2D eigenvalue weighted by atomic mass is 16.5. The molecule has 33 heavy (non-hydrogen) atoms. The number of rotatable bonds is 12. The van der Waals surface area contributed by atoms with Gasteiger partial charge in [0.15, 0.2) is 11.5 Å². The minimum Gasteiger partial charge on any atom is -0.508 e. The van der Waals surface area contributed by atoms with Crippen LogP contribution in [0.2, 0.25) is 0 Å². The van der Waals surface area contributed by atoms with Crippen molar-refractivity contribution in [3.63, 3.8) is 0 Å². The van der Waals surface area contributed by atoms with E-state index in [-0.39, 0.29) is 49.7 Å². The Morgan fingerprint density at radius 1 is 1.12 bits per heavy atom. The molecule has 0 unspecified atom stereocenters. The molecular formula is C23H28N4O6. The number of methoxy groups -OCH3 is 1. The first kappa shape index (κ1) is 23.9. The number of hydrogen-bond donors (Lipinski definition) is 4. The molecule has 1 heterocycles. The van der Waals surface area contributed by atoms with Crippen molar-refractivity contribution in [2.75, 3.05) is 45.8 Å². The highest BCUT2D eigenvalue weighted by molar-refractivity contribution is 5.97. The van der Waals surface area contributed by atoms with Crippen molar-refractivity contribution in [2.45, 2.75) is 6.54 Å². The Morgan fingerprint density at radius 2 is 1.91 bits per heavy atom. The Balaban J connectivity index is 1.92. The first-order chi connectivity index (χ1) is 16.0. The summed E-state index contributed by atoms with van der Waals surface area (Å²) in [6.45, 7) is 0.951. The molecular weight excluding hydrogens is 428 g/mol. The number of benzene rings is 2. The summed E-state index contributed by atoms with van der Waals surface area (Å²) >= 11 is 0. The summed E-state index contributed by atoms with van der Waals surface area (Å²) in [6.07, 6.45) is 0. The lowest BCUT2D eigenvalue weighted by atomic mass is 10.2. The Labute approximate surface area is 191 Å². The normalized spacial score (nSPS) is 10.6. The predicted octanol–water partition coefficient (Wildman–Crippen LogP) is 2.22. The van der Waals surface area contributed by atoms with Crippen molar-refractivity contribution in [1.29, 1.82) is 0 Å². The van der Waals surface area contributed by atoms with Crippen LogP contribution in [0.4, 0.5) is 5.82 Å². The summed E-state index contributed by atoms with van der Waals surface area (Å²) in [5.74, 6) is 1.13. The topological polar surface area (TPSA) is 127 Å². The number of carbonyl (C=O) groups is 1. The Bertz CT molecular complexity index is 1050. The van der Waals surface area contributed by atoms with Gasteiger partial charge in [0.1, 0.15) is 17.2 Å². The van der Waals surface area contributed by atoms with E-state index in [9.17, 15) is 9.90 Å². The van der Waals surface area contributed by atoms with Crippen LogP contribution in [0.25, 0.3) is 0 Å². The van der Waals surface area contributed by atoms with Gasteiger partial charge in [-0.2, -0.15) is 4.98 Å². The fraction of sp³-hybridized carbons (Fsp3) is 0.304. The maximum atomic E-state index is 13.1. The number of hydrogen-bond acceptors (Lipinski definition) is 8. The standard InChI is InChI=1S/C23H28N4O6/c1-24-21-20(22(30)25-10-12-32-13-11-28)27(15-16-6-8-18(31-2)9-7-16)23(26-21)33-19-5-3-4-17(29)14-19/h3-9,14,24,28-29H,10-13,15H2,1-2H3,(H,25,30). The van der Waals surface area contributed by atoms with E-state index in [1.807, 2.05) is 24.3 Å². The molecule has 0 aliphatic rings. The van der Waals surface area contributed by atoms with E-state index in [2.05, 4.69) is 15.6 Å². The number of aromatic hydroxyl groups is 1. The number of aromatic nitrogens is 2. The average Bonchev–Trinajstić information content (AvgIpc) is 3.16. The maximum absolute atomic E-state index is 13.1.